The summed E-state index contributed by atoms with van der Waals surface area (Å²) < 4.78 is 0. The predicted molar refractivity (Wildman–Crippen MR) is 124 cm³/mol. The van der Waals surface area contributed by atoms with Gasteiger partial charge in [0.1, 0.15) is 0 Å². The van der Waals surface area contributed by atoms with E-state index in [2.05, 4.69) is 72.6 Å². The number of carbonyl (C=O) groups is 2. The van der Waals surface area contributed by atoms with E-state index in [1.54, 1.807) is 0 Å². The van der Waals surface area contributed by atoms with Crippen molar-refractivity contribution in [2.45, 2.75) is 52.1 Å². The van der Waals surface area contributed by atoms with Crippen LogP contribution in [0.5, 0.6) is 0 Å². The zero-order chi connectivity index (χ0) is 21.8. The molecule has 0 bridgehead atoms. The van der Waals surface area contributed by atoms with Crippen LogP contribution in [0.4, 0.5) is 5.69 Å². The number of likely N-dealkylation sites (tertiary alicyclic amines) is 1. The molecule has 5 heteroatoms. The lowest BCUT2D eigenvalue weighted by Gasteiger charge is -2.34. The van der Waals surface area contributed by atoms with E-state index in [1.165, 1.54) is 16.8 Å². The fourth-order valence-electron chi connectivity index (χ4n) is 4.63. The minimum Gasteiger partial charge on any atom is -0.371 e. The van der Waals surface area contributed by atoms with Gasteiger partial charge in [-0.2, -0.15) is 0 Å². The van der Waals surface area contributed by atoms with Gasteiger partial charge < -0.3 is 15.1 Å². The quantitative estimate of drug-likeness (QED) is 0.777. The molecule has 2 aromatic carbocycles. The molecule has 1 atom stereocenters. The van der Waals surface area contributed by atoms with Crippen LogP contribution in [0, 0.1) is 12.8 Å². The largest absolute Gasteiger partial charge is 0.371 e. The highest BCUT2D eigenvalue weighted by Crippen LogP contribution is 2.23. The van der Waals surface area contributed by atoms with Crippen LogP contribution in [0.2, 0.25) is 0 Å². The first-order valence-corrected chi connectivity index (χ1v) is 11.5. The Hall–Kier alpha value is -2.82. The van der Waals surface area contributed by atoms with Gasteiger partial charge >= 0.3 is 0 Å². The monoisotopic (exact) mass is 419 g/mol. The Balaban J connectivity index is 1.26. The highest BCUT2D eigenvalue weighted by Gasteiger charge is 2.35. The number of hydrogen-bond acceptors (Lipinski definition) is 3. The fourth-order valence-corrected chi connectivity index (χ4v) is 4.63. The van der Waals surface area contributed by atoms with Gasteiger partial charge in [-0.05, 0) is 55.0 Å². The standard InChI is InChI=1S/C26H33N3O2/c1-3-20-7-9-21(10-8-20)17-29-18-22(16-25(29)30)26(31)27-23-11-13-28(14-12-23)24-6-4-5-19(2)15-24/h4-10,15,22-23H,3,11-14,16-18H2,1-2H3,(H,27,31)/t22-/m1/s1. The maximum atomic E-state index is 12.8. The van der Waals surface area contributed by atoms with Gasteiger partial charge in [0.05, 0.1) is 5.92 Å². The van der Waals surface area contributed by atoms with E-state index >= 15 is 0 Å². The molecule has 2 aliphatic heterocycles. The second-order valence-corrected chi connectivity index (χ2v) is 8.95. The molecule has 2 aliphatic rings. The molecule has 4 rings (SSSR count). The number of nitrogens with one attached hydrogen (secondary N) is 1. The molecule has 164 valence electrons. The van der Waals surface area contributed by atoms with Gasteiger partial charge in [0, 0.05) is 44.3 Å². The van der Waals surface area contributed by atoms with E-state index in [-0.39, 0.29) is 23.8 Å². The lowest BCUT2D eigenvalue weighted by atomic mass is 10.0. The van der Waals surface area contributed by atoms with E-state index < -0.39 is 0 Å². The molecule has 5 nitrogen and oxygen atoms in total. The molecule has 0 saturated carbocycles. The molecular weight excluding hydrogens is 386 g/mol. The molecule has 2 heterocycles. The third-order valence-electron chi connectivity index (χ3n) is 6.60. The van der Waals surface area contributed by atoms with Crippen LogP contribution in [0.15, 0.2) is 48.5 Å². The Bertz CT molecular complexity index is 917. The first-order chi connectivity index (χ1) is 15.0. The van der Waals surface area contributed by atoms with Gasteiger partial charge in [-0.3, -0.25) is 9.59 Å². The molecule has 0 spiro atoms. The van der Waals surface area contributed by atoms with E-state index in [0.29, 0.717) is 19.5 Å². The van der Waals surface area contributed by atoms with Crippen molar-refractivity contribution in [2.75, 3.05) is 24.5 Å². The van der Waals surface area contributed by atoms with Crippen molar-refractivity contribution < 1.29 is 9.59 Å². The van der Waals surface area contributed by atoms with Gasteiger partial charge in [0.25, 0.3) is 0 Å². The van der Waals surface area contributed by atoms with Crippen molar-refractivity contribution in [1.82, 2.24) is 10.2 Å². The van der Waals surface area contributed by atoms with E-state index in [9.17, 15) is 9.59 Å². The molecule has 2 fully saturated rings. The molecule has 0 aromatic heterocycles. The van der Waals surface area contributed by atoms with Crippen LogP contribution < -0.4 is 10.2 Å². The number of benzene rings is 2. The fraction of sp³-hybridized carbons (Fsp3) is 0.462. The topological polar surface area (TPSA) is 52.7 Å². The lowest BCUT2D eigenvalue weighted by molar-refractivity contribution is -0.129. The van der Waals surface area contributed by atoms with Gasteiger partial charge in [-0.25, -0.2) is 0 Å². The number of amides is 2. The normalized spacial score (nSPS) is 19.7. The highest BCUT2D eigenvalue weighted by molar-refractivity contribution is 5.89. The zero-order valence-electron chi connectivity index (χ0n) is 18.6. The van der Waals surface area contributed by atoms with Gasteiger partial charge in [0.2, 0.25) is 11.8 Å². The molecule has 0 aliphatic carbocycles. The first kappa shape index (κ1) is 21.4. The van der Waals surface area contributed by atoms with Crippen LogP contribution in [0.3, 0.4) is 0 Å². The third-order valence-corrected chi connectivity index (χ3v) is 6.60. The highest BCUT2D eigenvalue weighted by atomic mass is 16.2. The number of aryl methyl sites for hydroxylation is 2. The van der Waals surface area contributed by atoms with E-state index in [0.717, 1.165) is 37.9 Å². The molecule has 0 unspecified atom stereocenters. The van der Waals surface area contributed by atoms with Crippen LogP contribution in [0.25, 0.3) is 0 Å². The smallest absolute Gasteiger partial charge is 0.225 e. The number of piperidine rings is 1. The van der Waals surface area contributed by atoms with Crippen LogP contribution >= 0.6 is 0 Å². The average molecular weight is 420 g/mol. The summed E-state index contributed by atoms with van der Waals surface area (Å²) in [6.45, 7) is 7.23. The average Bonchev–Trinajstić information content (AvgIpc) is 3.15. The number of rotatable bonds is 6. The Morgan fingerprint density at radius 1 is 1.06 bits per heavy atom. The molecule has 31 heavy (non-hydrogen) atoms. The molecule has 2 amide bonds. The predicted octanol–water partition coefficient (Wildman–Crippen LogP) is 3.69. The molecule has 0 radical (unpaired) electrons. The number of carbonyl (C=O) groups excluding carboxylic acids is 2. The Kier molecular flexibility index (Phi) is 6.59. The van der Waals surface area contributed by atoms with E-state index in [4.69, 9.17) is 0 Å². The second-order valence-electron chi connectivity index (χ2n) is 8.95. The Morgan fingerprint density at radius 2 is 1.77 bits per heavy atom. The van der Waals surface area contributed by atoms with Gasteiger partial charge in [0.15, 0.2) is 0 Å². The SMILES string of the molecule is CCc1ccc(CN2C[C@H](C(=O)NC3CCN(c4cccc(C)c4)CC3)CC2=O)cc1. The summed E-state index contributed by atoms with van der Waals surface area (Å²) in [5, 5.41) is 3.22. The summed E-state index contributed by atoms with van der Waals surface area (Å²) in [6, 6.07) is 17.2. The van der Waals surface area contributed by atoms with Crippen molar-refractivity contribution in [3.8, 4) is 0 Å². The summed E-state index contributed by atoms with van der Waals surface area (Å²) in [6.07, 6.45) is 3.21. The number of hydrogen-bond donors (Lipinski definition) is 1. The van der Waals surface area contributed by atoms with Crippen LogP contribution in [0.1, 0.15) is 42.9 Å². The lowest BCUT2D eigenvalue weighted by Crippen LogP contribution is -2.46. The summed E-state index contributed by atoms with van der Waals surface area (Å²) in [4.78, 5) is 29.5. The maximum absolute atomic E-state index is 12.8. The second kappa shape index (κ2) is 9.54. The Labute approximate surface area is 185 Å². The third kappa shape index (κ3) is 5.27. The Morgan fingerprint density at radius 3 is 2.45 bits per heavy atom. The first-order valence-electron chi connectivity index (χ1n) is 11.5. The van der Waals surface area contributed by atoms with E-state index in [1.807, 2.05) is 4.90 Å². The maximum Gasteiger partial charge on any atom is 0.225 e. The minimum atomic E-state index is -0.239. The number of anilines is 1. The van der Waals surface area contributed by atoms with Crippen LogP contribution in [-0.4, -0.2) is 42.4 Å². The van der Waals surface area contributed by atoms with Gasteiger partial charge in [-0.1, -0.05) is 43.3 Å². The van der Waals surface area contributed by atoms with Crippen molar-refractivity contribution in [3.05, 3.63) is 65.2 Å². The molecule has 2 saturated heterocycles. The number of nitrogens with zero attached hydrogens (tertiary/aromatic N) is 2. The van der Waals surface area contributed by atoms with Crippen molar-refractivity contribution >= 4 is 17.5 Å². The minimum absolute atomic E-state index is 0.0335. The summed E-state index contributed by atoms with van der Waals surface area (Å²) >= 11 is 0. The van der Waals surface area contributed by atoms with Crippen molar-refractivity contribution in [1.29, 1.82) is 0 Å². The molecule has 1 N–H and O–H groups in total. The summed E-state index contributed by atoms with van der Waals surface area (Å²) in [5.41, 5.74) is 4.94. The van der Waals surface area contributed by atoms with Crippen molar-refractivity contribution in [2.24, 2.45) is 5.92 Å². The van der Waals surface area contributed by atoms with Crippen LogP contribution in [-0.2, 0) is 22.6 Å². The summed E-state index contributed by atoms with van der Waals surface area (Å²) in [5.74, 6) is -0.127. The van der Waals surface area contributed by atoms with Crippen molar-refractivity contribution in [3.63, 3.8) is 0 Å². The zero-order valence-corrected chi connectivity index (χ0v) is 18.6. The molecular formula is C26H33N3O2. The van der Waals surface area contributed by atoms with Gasteiger partial charge in [-0.15, -0.1) is 0 Å². The summed E-state index contributed by atoms with van der Waals surface area (Å²) in [7, 11) is 0. The molecule has 2 aromatic rings.